The minimum absolute atomic E-state index is 0.148. The van der Waals surface area contributed by atoms with Gasteiger partial charge >= 0.3 is 12.0 Å². The zero-order valence-electron chi connectivity index (χ0n) is 22.6. The van der Waals surface area contributed by atoms with Crippen molar-refractivity contribution < 1.29 is 24.0 Å². The van der Waals surface area contributed by atoms with Crippen molar-refractivity contribution >= 4 is 29.3 Å². The number of hydrogen-bond donors (Lipinski definition) is 4. The number of hydrogen-bond acceptors (Lipinski definition) is 5. The van der Waals surface area contributed by atoms with Crippen molar-refractivity contribution in [3.63, 3.8) is 0 Å². The average molecular weight is 541 g/mol. The van der Waals surface area contributed by atoms with Crippen LogP contribution in [0.15, 0.2) is 83.4 Å². The van der Waals surface area contributed by atoms with Gasteiger partial charge in [-0.15, -0.1) is 0 Å². The van der Waals surface area contributed by atoms with Gasteiger partial charge in [-0.3, -0.25) is 4.79 Å². The number of urea groups is 1. The molecule has 206 valence electrons. The van der Waals surface area contributed by atoms with Crippen LogP contribution in [0, 0.1) is 12.8 Å². The number of aromatic carboxylic acids is 1. The molecule has 0 spiro atoms. The number of carbonyl (C=O) groups is 3. The Morgan fingerprint density at radius 1 is 0.925 bits per heavy atom. The first-order valence-electron chi connectivity index (χ1n) is 13.0. The number of carboxylic acid groups (broad SMARTS) is 1. The third kappa shape index (κ3) is 7.57. The van der Waals surface area contributed by atoms with E-state index >= 15 is 0 Å². The molecule has 0 saturated heterocycles. The third-order valence-electron chi connectivity index (χ3n) is 6.29. The summed E-state index contributed by atoms with van der Waals surface area (Å²) in [5.41, 5.74) is 4.40. The fourth-order valence-corrected chi connectivity index (χ4v) is 4.25. The SMILES string of the molecule is Cc1ccccc1NC(=O)Nc1ccc(CC(=O)N[C@@H](CC(C)C)c2cc(-c3cccc(C(=O)O)c3)on2)cc1. The fraction of sp³-hybridized carbons (Fsp3) is 0.226. The second kappa shape index (κ2) is 12.8. The van der Waals surface area contributed by atoms with E-state index < -0.39 is 5.97 Å². The highest BCUT2D eigenvalue weighted by molar-refractivity contribution is 6.00. The van der Waals surface area contributed by atoms with Gasteiger partial charge in [0.2, 0.25) is 5.91 Å². The first-order chi connectivity index (χ1) is 19.2. The molecule has 0 unspecified atom stereocenters. The topological polar surface area (TPSA) is 134 Å². The lowest BCUT2D eigenvalue weighted by Gasteiger charge is -2.18. The van der Waals surface area contributed by atoms with Crippen LogP contribution in [0.3, 0.4) is 0 Å². The number of nitrogens with one attached hydrogen (secondary N) is 3. The first kappa shape index (κ1) is 28.1. The van der Waals surface area contributed by atoms with E-state index in [4.69, 9.17) is 4.52 Å². The van der Waals surface area contributed by atoms with Crippen LogP contribution < -0.4 is 16.0 Å². The van der Waals surface area contributed by atoms with E-state index in [9.17, 15) is 19.5 Å². The van der Waals surface area contributed by atoms with Crippen molar-refractivity contribution in [1.29, 1.82) is 0 Å². The second-order valence-corrected chi connectivity index (χ2v) is 10.0. The van der Waals surface area contributed by atoms with E-state index in [2.05, 4.69) is 35.0 Å². The van der Waals surface area contributed by atoms with Crippen LogP contribution in [-0.2, 0) is 11.2 Å². The predicted octanol–water partition coefficient (Wildman–Crippen LogP) is 6.44. The molecular weight excluding hydrogens is 508 g/mol. The van der Waals surface area contributed by atoms with Crippen LogP contribution in [0.25, 0.3) is 11.3 Å². The van der Waals surface area contributed by atoms with E-state index in [1.807, 2.05) is 31.2 Å². The minimum Gasteiger partial charge on any atom is -0.478 e. The van der Waals surface area contributed by atoms with Gasteiger partial charge < -0.3 is 25.6 Å². The van der Waals surface area contributed by atoms with Gasteiger partial charge in [0.15, 0.2) is 5.76 Å². The lowest BCUT2D eigenvalue weighted by Crippen LogP contribution is -2.31. The van der Waals surface area contributed by atoms with Gasteiger partial charge in [0.25, 0.3) is 0 Å². The highest BCUT2D eigenvalue weighted by atomic mass is 16.5. The largest absolute Gasteiger partial charge is 0.478 e. The molecule has 1 atom stereocenters. The molecule has 0 bridgehead atoms. The molecule has 9 nitrogen and oxygen atoms in total. The summed E-state index contributed by atoms with van der Waals surface area (Å²) in [6, 6.07) is 22.0. The number of benzene rings is 3. The normalized spacial score (nSPS) is 11.6. The molecule has 0 radical (unpaired) electrons. The summed E-state index contributed by atoms with van der Waals surface area (Å²) in [7, 11) is 0. The smallest absolute Gasteiger partial charge is 0.335 e. The van der Waals surface area contributed by atoms with Gasteiger partial charge in [0.05, 0.1) is 18.0 Å². The van der Waals surface area contributed by atoms with E-state index in [1.165, 1.54) is 12.1 Å². The third-order valence-corrected chi connectivity index (χ3v) is 6.29. The van der Waals surface area contributed by atoms with Crippen LogP contribution in [0.2, 0.25) is 0 Å². The van der Waals surface area contributed by atoms with E-state index in [0.717, 1.165) is 16.8 Å². The Balaban J connectivity index is 1.37. The molecule has 0 aliphatic heterocycles. The highest BCUT2D eigenvalue weighted by Crippen LogP contribution is 2.27. The number of anilines is 2. The zero-order valence-corrected chi connectivity index (χ0v) is 22.6. The highest BCUT2D eigenvalue weighted by Gasteiger charge is 2.21. The number of carboxylic acids is 1. The molecule has 3 aromatic carbocycles. The van der Waals surface area contributed by atoms with Gasteiger partial charge in [-0.2, -0.15) is 0 Å². The Morgan fingerprint density at radius 2 is 1.68 bits per heavy atom. The molecule has 3 amide bonds. The lowest BCUT2D eigenvalue weighted by molar-refractivity contribution is -0.121. The summed E-state index contributed by atoms with van der Waals surface area (Å²) in [6.45, 7) is 6.03. The summed E-state index contributed by atoms with van der Waals surface area (Å²) in [6.07, 6.45) is 0.793. The van der Waals surface area contributed by atoms with Crippen LogP contribution in [0.4, 0.5) is 16.2 Å². The van der Waals surface area contributed by atoms with Crippen molar-refractivity contribution in [3.8, 4) is 11.3 Å². The summed E-state index contributed by atoms with van der Waals surface area (Å²) >= 11 is 0. The maximum atomic E-state index is 13.0. The van der Waals surface area contributed by atoms with Crippen molar-refractivity contribution in [1.82, 2.24) is 10.5 Å². The molecule has 9 heteroatoms. The number of amides is 3. The van der Waals surface area contributed by atoms with Gasteiger partial charge in [-0.05, 0) is 60.7 Å². The van der Waals surface area contributed by atoms with Crippen LogP contribution in [0.1, 0.15) is 53.5 Å². The molecule has 4 N–H and O–H groups in total. The van der Waals surface area contributed by atoms with E-state index in [1.54, 1.807) is 42.5 Å². The van der Waals surface area contributed by atoms with Gasteiger partial charge in [0.1, 0.15) is 5.69 Å². The van der Waals surface area contributed by atoms with Crippen LogP contribution >= 0.6 is 0 Å². The standard InChI is InChI=1S/C31H32N4O5/c1-19(2)15-26(27-18-28(40-35-27)22-8-6-9-23(17-22)30(37)38)33-29(36)16-21-11-13-24(14-12-21)32-31(39)34-25-10-5-4-7-20(25)3/h4-14,17-19,26H,15-16H2,1-3H3,(H,33,36)(H,37,38)(H2,32,34,39)/t26-/m0/s1. The summed E-state index contributed by atoms with van der Waals surface area (Å²) < 4.78 is 5.50. The second-order valence-electron chi connectivity index (χ2n) is 10.0. The summed E-state index contributed by atoms with van der Waals surface area (Å²) in [5, 5.41) is 22.1. The molecule has 1 aromatic heterocycles. The lowest BCUT2D eigenvalue weighted by atomic mass is 9.99. The quantitative estimate of drug-likeness (QED) is 0.183. The van der Waals surface area contributed by atoms with Gasteiger partial charge in [0, 0.05) is 23.0 Å². The molecule has 40 heavy (non-hydrogen) atoms. The molecule has 0 saturated carbocycles. The molecule has 4 rings (SSSR count). The maximum Gasteiger partial charge on any atom is 0.335 e. The molecule has 0 aliphatic carbocycles. The Labute approximate surface area is 232 Å². The van der Waals surface area contributed by atoms with Crippen LogP contribution in [0.5, 0.6) is 0 Å². The summed E-state index contributed by atoms with van der Waals surface area (Å²) in [5.74, 6) is -0.505. The minimum atomic E-state index is -1.03. The van der Waals surface area contributed by atoms with Crippen molar-refractivity contribution in [3.05, 3.63) is 101 Å². The number of rotatable bonds is 10. The Kier molecular flexibility index (Phi) is 8.96. The molecule has 0 fully saturated rings. The van der Waals surface area contributed by atoms with Crippen molar-refractivity contribution in [2.24, 2.45) is 5.92 Å². The molecular formula is C31H32N4O5. The summed E-state index contributed by atoms with van der Waals surface area (Å²) in [4.78, 5) is 36.6. The number of para-hydroxylation sites is 1. The Bertz CT molecular complexity index is 1490. The Hall–Kier alpha value is -4.92. The van der Waals surface area contributed by atoms with Crippen molar-refractivity contribution in [2.75, 3.05) is 10.6 Å². The maximum absolute atomic E-state index is 13.0. The Morgan fingerprint density at radius 3 is 2.38 bits per heavy atom. The van der Waals surface area contributed by atoms with E-state index in [-0.39, 0.29) is 35.9 Å². The first-order valence-corrected chi connectivity index (χ1v) is 13.0. The molecule has 0 aliphatic rings. The fourth-order valence-electron chi connectivity index (χ4n) is 4.25. The molecule has 1 heterocycles. The molecule has 4 aromatic rings. The van der Waals surface area contributed by atoms with Gasteiger partial charge in [-0.25, -0.2) is 9.59 Å². The predicted molar refractivity (Wildman–Crippen MR) is 153 cm³/mol. The number of nitrogens with zero attached hydrogens (tertiary/aromatic N) is 1. The number of aryl methyl sites for hydroxylation is 1. The van der Waals surface area contributed by atoms with Crippen molar-refractivity contribution in [2.45, 2.75) is 39.7 Å². The zero-order chi connectivity index (χ0) is 28.6. The average Bonchev–Trinajstić information content (AvgIpc) is 3.41. The van der Waals surface area contributed by atoms with Gasteiger partial charge in [-0.1, -0.05) is 61.5 Å². The van der Waals surface area contributed by atoms with Crippen LogP contribution in [-0.4, -0.2) is 28.2 Å². The number of aromatic nitrogens is 1. The number of carbonyl (C=O) groups excluding carboxylic acids is 2. The van der Waals surface area contributed by atoms with E-state index in [0.29, 0.717) is 29.1 Å². The monoisotopic (exact) mass is 540 g/mol.